The van der Waals surface area contributed by atoms with Crippen LogP contribution in [-0.4, -0.2) is 62.4 Å². The second-order valence-corrected chi connectivity index (χ2v) is 9.73. The van der Waals surface area contributed by atoms with Crippen molar-refractivity contribution in [3.63, 3.8) is 0 Å². The smallest absolute Gasteiger partial charge is 0.294 e. The number of amides is 2. The van der Waals surface area contributed by atoms with Crippen molar-refractivity contribution in [3.8, 4) is 5.69 Å². The molecule has 0 atom stereocenters. The number of nitrogens with zero attached hydrogens (tertiary/aromatic N) is 5. The first-order chi connectivity index (χ1) is 17.2. The van der Waals surface area contributed by atoms with Crippen LogP contribution in [0.1, 0.15) is 37.5 Å². The summed E-state index contributed by atoms with van der Waals surface area (Å²) in [5.41, 5.74) is 5.46. The lowest BCUT2D eigenvalue weighted by molar-refractivity contribution is -0.124. The van der Waals surface area contributed by atoms with Gasteiger partial charge in [-0.05, 0) is 30.7 Å². The maximum absolute atomic E-state index is 13.6. The molecule has 184 valence electrons. The van der Waals surface area contributed by atoms with Crippen molar-refractivity contribution in [2.45, 2.75) is 19.9 Å². The molecule has 0 radical (unpaired) electrons. The van der Waals surface area contributed by atoms with Gasteiger partial charge in [0.05, 0.1) is 39.2 Å². The third-order valence-electron chi connectivity index (χ3n) is 6.72. The Hall–Kier alpha value is -3.91. The van der Waals surface area contributed by atoms with E-state index in [9.17, 15) is 14.4 Å². The monoisotopic (exact) mass is 503 g/mol. The van der Waals surface area contributed by atoms with Gasteiger partial charge in [-0.3, -0.25) is 14.4 Å². The van der Waals surface area contributed by atoms with Crippen molar-refractivity contribution in [2.75, 3.05) is 20.6 Å². The molecule has 5 rings (SSSR count). The van der Waals surface area contributed by atoms with Crippen LogP contribution in [0.4, 0.5) is 0 Å². The molecule has 1 aliphatic rings. The van der Waals surface area contributed by atoms with Gasteiger partial charge in [0.1, 0.15) is 0 Å². The van der Waals surface area contributed by atoms with E-state index in [1.165, 1.54) is 19.0 Å². The Balaban J connectivity index is 1.47. The second-order valence-electron chi connectivity index (χ2n) is 9.32. The van der Waals surface area contributed by atoms with Crippen molar-refractivity contribution < 1.29 is 14.4 Å². The molecule has 0 saturated heterocycles. The highest BCUT2D eigenvalue weighted by molar-refractivity contribution is 6.45. The molecule has 0 aliphatic carbocycles. The molecule has 2 aromatic carbocycles. The summed E-state index contributed by atoms with van der Waals surface area (Å²) in [7, 11) is 4.83. The number of aryl methyl sites for hydroxylation is 2. The predicted octanol–water partition coefficient (Wildman–Crippen LogP) is 3.80. The second kappa shape index (κ2) is 8.95. The van der Waals surface area contributed by atoms with Gasteiger partial charge in [-0.2, -0.15) is 5.10 Å². The first-order valence-electron chi connectivity index (χ1n) is 11.6. The molecular weight excluding hydrogens is 478 g/mol. The molecular formula is C27H26ClN5O3. The Morgan fingerprint density at radius 3 is 2.56 bits per heavy atom. The zero-order chi connectivity index (χ0) is 25.7. The molecule has 4 aromatic rings. The number of aromatic nitrogens is 3. The molecule has 0 saturated carbocycles. The van der Waals surface area contributed by atoms with E-state index in [0.29, 0.717) is 41.0 Å². The number of likely N-dealkylation sites (N-methyl/N-ethyl adjacent to an activating group) is 1. The van der Waals surface area contributed by atoms with Crippen LogP contribution < -0.4 is 0 Å². The van der Waals surface area contributed by atoms with E-state index in [1.807, 2.05) is 29.1 Å². The Morgan fingerprint density at radius 1 is 1.08 bits per heavy atom. The van der Waals surface area contributed by atoms with Crippen LogP contribution in [0.5, 0.6) is 0 Å². The summed E-state index contributed by atoms with van der Waals surface area (Å²) < 4.78 is 3.69. The minimum absolute atomic E-state index is 0.225. The van der Waals surface area contributed by atoms with Crippen LogP contribution in [0.2, 0.25) is 5.02 Å². The average Bonchev–Trinajstić information content (AvgIpc) is 3.42. The lowest BCUT2D eigenvalue weighted by Gasteiger charge is -2.28. The third-order valence-corrected chi connectivity index (χ3v) is 7.03. The van der Waals surface area contributed by atoms with Gasteiger partial charge in [-0.25, -0.2) is 4.68 Å². The topological polar surface area (TPSA) is 80.4 Å². The SMILES string of the molecule is Cc1ccccc1-n1ncc2c1CCN(C(=O)c1cc3c(C(=O)C(=O)N(C)C)cn(C)c3cc1Cl)C2. The fourth-order valence-corrected chi connectivity index (χ4v) is 4.99. The average molecular weight is 504 g/mol. The van der Waals surface area contributed by atoms with E-state index in [1.54, 1.807) is 34.8 Å². The summed E-state index contributed by atoms with van der Waals surface area (Å²) in [5.74, 6) is -1.48. The van der Waals surface area contributed by atoms with Crippen molar-refractivity contribution in [2.24, 2.45) is 7.05 Å². The van der Waals surface area contributed by atoms with Crippen LogP contribution in [0, 0.1) is 6.92 Å². The number of hydrogen-bond donors (Lipinski definition) is 0. The number of hydrogen-bond acceptors (Lipinski definition) is 4. The first kappa shape index (κ1) is 23.8. The molecule has 9 heteroatoms. The Bertz CT molecular complexity index is 1550. The van der Waals surface area contributed by atoms with E-state index in [-0.39, 0.29) is 11.5 Å². The van der Waals surface area contributed by atoms with Gasteiger partial charge in [0.15, 0.2) is 0 Å². The molecule has 0 bridgehead atoms. The number of halogens is 1. The van der Waals surface area contributed by atoms with Gasteiger partial charge in [-0.1, -0.05) is 29.8 Å². The zero-order valence-electron chi connectivity index (χ0n) is 20.6. The Labute approximate surface area is 213 Å². The fraction of sp³-hybridized carbons (Fsp3) is 0.259. The van der Waals surface area contributed by atoms with Crippen LogP contribution in [0.25, 0.3) is 16.6 Å². The minimum atomic E-state index is -0.627. The van der Waals surface area contributed by atoms with E-state index >= 15 is 0 Å². The quantitative estimate of drug-likeness (QED) is 0.313. The van der Waals surface area contributed by atoms with E-state index in [2.05, 4.69) is 18.1 Å². The lowest BCUT2D eigenvalue weighted by atomic mass is 10.0. The van der Waals surface area contributed by atoms with Crippen LogP contribution in [0.3, 0.4) is 0 Å². The van der Waals surface area contributed by atoms with Crippen molar-refractivity contribution in [3.05, 3.63) is 81.8 Å². The highest BCUT2D eigenvalue weighted by atomic mass is 35.5. The van der Waals surface area contributed by atoms with Crippen molar-refractivity contribution >= 4 is 40.1 Å². The first-order valence-corrected chi connectivity index (χ1v) is 12.0. The van der Waals surface area contributed by atoms with E-state index in [4.69, 9.17) is 11.6 Å². The summed E-state index contributed by atoms with van der Waals surface area (Å²) in [6.07, 6.45) is 4.07. The summed E-state index contributed by atoms with van der Waals surface area (Å²) in [6, 6.07) is 11.4. The van der Waals surface area contributed by atoms with Gasteiger partial charge in [0, 0.05) is 57.8 Å². The number of rotatable bonds is 4. The lowest BCUT2D eigenvalue weighted by Crippen LogP contribution is -2.36. The number of carbonyl (C=O) groups is 3. The zero-order valence-corrected chi connectivity index (χ0v) is 21.3. The molecule has 2 amide bonds. The molecule has 1 aliphatic heterocycles. The maximum atomic E-state index is 13.6. The molecule has 36 heavy (non-hydrogen) atoms. The highest BCUT2D eigenvalue weighted by Crippen LogP contribution is 2.31. The third kappa shape index (κ3) is 3.87. The summed E-state index contributed by atoms with van der Waals surface area (Å²) >= 11 is 6.56. The van der Waals surface area contributed by atoms with Crippen molar-refractivity contribution in [1.29, 1.82) is 0 Å². The molecule has 3 heterocycles. The van der Waals surface area contributed by atoms with Gasteiger partial charge < -0.3 is 14.4 Å². The highest BCUT2D eigenvalue weighted by Gasteiger charge is 2.29. The number of fused-ring (bicyclic) bond motifs is 2. The van der Waals surface area contributed by atoms with Crippen LogP contribution >= 0.6 is 11.6 Å². The number of para-hydroxylation sites is 1. The molecule has 8 nitrogen and oxygen atoms in total. The molecule has 0 fully saturated rings. The van der Waals surface area contributed by atoms with Crippen LogP contribution in [-0.2, 0) is 24.8 Å². The van der Waals surface area contributed by atoms with Gasteiger partial charge >= 0.3 is 0 Å². The minimum Gasteiger partial charge on any atom is -0.350 e. The summed E-state index contributed by atoms with van der Waals surface area (Å²) in [6.45, 7) is 2.97. The Morgan fingerprint density at radius 2 is 1.83 bits per heavy atom. The van der Waals surface area contributed by atoms with Crippen molar-refractivity contribution in [1.82, 2.24) is 24.1 Å². The largest absolute Gasteiger partial charge is 0.350 e. The molecule has 2 aromatic heterocycles. The molecule has 0 N–H and O–H groups in total. The standard InChI is InChI=1S/C27H26ClN5O3/c1-16-7-5-6-8-22(16)33-23-9-10-32(14-17(23)13-29-33)26(35)19-11-18-20(25(34)27(36)30(2)3)15-31(4)24(18)12-21(19)28/h5-8,11-13,15H,9-10,14H2,1-4H3. The maximum Gasteiger partial charge on any atom is 0.294 e. The van der Waals surface area contributed by atoms with Crippen LogP contribution in [0.15, 0.2) is 48.8 Å². The van der Waals surface area contributed by atoms with Gasteiger partial charge in [-0.15, -0.1) is 0 Å². The molecule has 0 spiro atoms. The summed E-state index contributed by atoms with van der Waals surface area (Å²) in [5, 5.41) is 5.42. The predicted molar refractivity (Wildman–Crippen MR) is 138 cm³/mol. The number of benzene rings is 2. The fourth-order valence-electron chi connectivity index (χ4n) is 4.75. The van der Waals surface area contributed by atoms with E-state index < -0.39 is 11.7 Å². The van der Waals surface area contributed by atoms with E-state index in [0.717, 1.165) is 22.5 Å². The number of carbonyl (C=O) groups excluding carboxylic acids is 3. The van der Waals surface area contributed by atoms with Gasteiger partial charge in [0.25, 0.3) is 17.6 Å². The number of Topliss-reactive ketones (excluding diaryl/α,β-unsaturated/α-hetero) is 1. The summed E-state index contributed by atoms with van der Waals surface area (Å²) in [4.78, 5) is 41.7. The Kier molecular flexibility index (Phi) is 5.92. The van der Waals surface area contributed by atoms with Gasteiger partial charge in [0.2, 0.25) is 0 Å². The molecule has 0 unspecified atom stereocenters. The number of ketones is 1. The normalized spacial score (nSPS) is 13.1.